The largest absolute Gasteiger partial charge is 0.0711 e. The average Bonchev–Trinajstić information content (AvgIpc) is 3.20. The van der Waals surface area contributed by atoms with Crippen LogP contribution >= 0.6 is 0 Å². The van der Waals surface area contributed by atoms with Crippen LogP contribution in [0.4, 0.5) is 0 Å². The highest BCUT2D eigenvalue weighted by Crippen LogP contribution is 2.53. The van der Waals surface area contributed by atoms with Gasteiger partial charge in [-0.15, -0.1) is 0 Å². The van der Waals surface area contributed by atoms with E-state index in [4.69, 9.17) is 0 Å². The van der Waals surface area contributed by atoms with Crippen molar-refractivity contribution in [3.05, 3.63) is 0 Å². The van der Waals surface area contributed by atoms with Gasteiger partial charge < -0.3 is 0 Å². The molecule has 24 heavy (non-hydrogen) atoms. The van der Waals surface area contributed by atoms with Crippen LogP contribution in [0.2, 0.25) is 37.3 Å². The summed E-state index contributed by atoms with van der Waals surface area (Å²) in [6.45, 7) is 16.0. The van der Waals surface area contributed by atoms with Crippen molar-refractivity contribution in [2.24, 2.45) is 11.8 Å². The van der Waals surface area contributed by atoms with Crippen LogP contribution in [0, 0.1) is 11.8 Å². The van der Waals surface area contributed by atoms with E-state index >= 15 is 0 Å². The van der Waals surface area contributed by atoms with Crippen molar-refractivity contribution in [2.45, 2.75) is 128 Å². The van der Waals surface area contributed by atoms with E-state index in [9.17, 15) is 0 Å². The van der Waals surface area contributed by atoms with Crippen molar-refractivity contribution in [1.82, 2.24) is 0 Å². The highest BCUT2D eigenvalue weighted by atomic mass is 29.3. The van der Waals surface area contributed by atoms with E-state index in [2.05, 4.69) is 40.0 Å². The Morgan fingerprint density at radius 1 is 0.625 bits per heavy atom. The van der Waals surface area contributed by atoms with E-state index in [1.54, 1.807) is 38.5 Å². The molecule has 0 heterocycles. The smallest absolute Gasteiger partial charge is 0.0446 e. The van der Waals surface area contributed by atoms with Crippen LogP contribution in [0.15, 0.2) is 0 Å². The molecule has 0 aromatic rings. The molecule has 2 fully saturated rings. The van der Waals surface area contributed by atoms with Gasteiger partial charge >= 0.3 is 0 Å². The molecule has 2 aliphatic carbocycles. The molecule has 0 saturated heterocycles. The Kier molecular flexibility index (Phi) is 7.68. The molecule has 0 bridgehead atoms. The maximum Gasteiger partial charge on any atom is 0.0446 e. The van der Waals surface area contributed by atoms with Crippen LogP contribution < -0.4 is 0 Å². The molecule has 2 rings (SSSR count). The molecular formula is C22H46Si2. The molecule has 0 amide bonds. The van der Waals surface area contributed by atoms with Gasteiger partial charge in [-0.2, -0.15) is 0 Å². The Hall–Kier alpha value is 0.434. The molecule has 4 unspecified atom stereocenters. The molecule has 2 heteroatoms. The van der Waals surface area contributed by atoms with Gasteiger partial charge in [0.25, 0.3) is 0 Å². The maximum absolute atomic E-state index is 2.82. The summed E-state index contributed by atoms with van der Waals surface area (Å²) < 4.78 is 0. The van der Waals surface area contributed by atoms with Crippen molar-refractivity contribution in [1.29, 1.82) is 0 Å². The third kappa shape index (κ3) is 4.58. The van der Waals surface area contributed by atoms with Gasteiger partial charge in [-0.05, 0) is 22.9 Å². The van der Waals surface area contributed by atoms with Crippen LogP contribution in [0.3, 0.4) is 0 Å². The zero-order valence-electron chi connectivity index (χ0n) is 17.8. The van der Waals surface area contributed by atoms with Gasteiger partial charge in [0.1, 0.15) is 0 Å². The Morgan fingerprint density at radius 3 is 1.33 bits per heavy atom. The lowest BCUT2D eigenvalue weighted by molar-refractivity contribution is 0.478. The lowest BCUT2D eigenvalue weighted by Gasteiger charge is -2.47. The zero-order valence-corrected chi connectivity index (χ0v) is 19.8. The normalized spacial score (nSPS) is 31.8. The van der Waals surface area contributed by atoms with Gasteiger partial charge in [0.05, 0.1) is 0 Å². The minimum atomic E-state index is -1.07. The standard InChI is InChI=1S/C22H46Si2/c1-7-9-11-19-13-15-21(17-19)23(3,4)24(5,6)22-16-14-20(18-22)12-10-8-2/h19-22H,7-18H2,1-6H3. The van der Waals surface area contributed by atoms with Crippen molar-refractivity contribution in [2.75, 3.05) is 0 Å². The maximum atomic E-state index is 2.82. The Labute approximate surface area is 155 Å². The summed E-state index contributed by atoms with van der Waals surface area (Å²) >= 11 is 0. The Bertz CT molecular complexity index is 338. The molecule has 2 saturated carbocycles. The fourth-order valence-corrected chi connectivity index (χ4v) is 19.6. The van der Waals surface area contributed by atoms with E-state index in [-0.39, 0.29) is 0 Å². The highest BCUT2D eigenvalue weighted by molar-refractivity contribution is 7.41. The molecule has 142 valence electrons. The van der Waals surface area contributed by atoms with Crippen molar-refractivity contribution in [3.63, 3.8) is 0 Å². The number of hydrogen-bond acceptors (Lipinski definition) is 0. The molecule has 0 N–H and O–H groups in total. The van der Waals surface area contributed by atoms with Crippen LogP contribution in [0.1, 0.15) is 90.9 Å². The molecule has 0 nitrogen and oxygen atoms in total. The summed E-state index contributed by atoms with van der Waals surface area (Å²) in [5, 5.41) is 0. The predicted molar refractivity (Wildman–Crippen MR) is 116 cm³/mol. The monoisotopic (exact) mass is 366 g/mol. The lowest BCUT2D eigenvalue weighted by Crippen LogP contribution is -2.59. The SMILES string of the molecule is CCCCC1CCC([Si](C)(C)[Si](C)(C)C2CCC(CCCC)C2)C1. The highest BCUT2D eigenvalue weighted by Gasteiger charge is 2.52. The zero-order chi connectivity index (χ0) is 17.8. The second kappa shape index (κ2) is 8.88. The van der Waals surface area contributed by atoms with E-state index in [0.29, 0.717) is 0 Å². The van der Waals surface area contributed by atoms with Gasteiger partial charge in [0, 0.05) is 15.2 Å². The summed E-state index contributed by atoms with van der Waals surface area (Å²) in [7, 11) is -2.13. The number of unbranched alkanes of at least 4 members (excludes halogenated alkanes) is 2. The quantitative estimate of drug-likeness (QED) is 0.361. The fourth-order valence-electron chi connectivity index (χ4n) is 6.02. The Morgan fingerprint density at radius 2 is 1.00 bits per heavy atom. The van der Waals surface area contributed by atoms with Crippen molar-refractivity contribution >= 4 is 15.2 Å². The summed E-state index contributed by atoms with van der Waals surface area (Å²) in [4.78, 5) is 0. The van der Waals surface area contributed by atoms with Crippen molar-refractivity contribution < 1.29 is 0 Å². The van der Waals surface area contributed by atoms with Crippen LogP contribution in [-0.2, 0) is 0 Å². The van der Waals surface area contributed by atoms with Crippen molar-refractivity contribution in [3.8, 4) is 0 Å². The molecule has 0 spiro atoms. The second-order valence-electron chi connectivity index (χ2n) is 10.5. The second-order valence-corrected chi connectivity index (χ2v) is 26.7. The molecular weight excluding hydrogens is 320 g/mol. The molecule has 2 aliphatic rings. The van der Waals surface area contributed by atoms with E-state index in [0.717, 1.165) is 22.9 Å². The van der Waals surface area contributed by atoms with E-state index in [1.807, 2.05) is 0 Å². The topological polar surface area (TPSA) is 0 Å². The average molecular weight is 367 g/mol. The fraction of sp³-hybridized carbons (Fsp3) is 1.00. The summed E-state index contributed by atoms with van der Waals surface area (Å²) in [5.41, 5.74) is 2.33. The lowest BCUT2D eigenvalue weighted by atomic mass is 10.0. The van der Waals surface area contributed by atoms with E-state index in [1.165, 1.54) is 38.5 Å². The van der Waals surface area contributed by atoms with E-state index < -0.39 is 15.2 Å². The molecule has 0 aromatic heterocycles. The molecule has 0 aromatic carbocycles. The number of hydrogen-bond donors (Lipinski definition) is 0. The predicted octanol–water partition coefficient (Wildman–Crippen LogP) is 8.20. The molecule has 0 aliphatic heterocycles. The first-order valence-electron chi connectivity index (χ1n) is 11.3. The van der Waals surface area contributed by atoms with Gasteiger partial charge in [0.15, 0.2) is 0 Å². The number of rotatable bonds is 9. The first kappa shape index (κ1) is 20.7. The third-order valence-corrected chi connectivity index (χ3v) is 29.6. The third-order valence-electron chi connectivity index (χ3n) is 8.72. The minimum Gasteiger partial charge on any atom is -0.0711 e. The summed E-state index contributed by atoms with van der Waals surface area (Å²) in [5.74, 6) is 2.18. The molecule has 0 radical (unpaired) electrons. The van der Waals surface area contributed by atoms with Gasteiger partial charge in [-0.25, -0.2) is 0 Å². The summed E-state index contributed by atoms with van der Waals surface area (Å²) in [6.07, 6.45) is 18.3. The minimum absolute atomic E-state index is 1.07. The Balaban J connectivity index is 1.94. The van der Waals surface area contributed by atoms with Gasteiger partial charge in [0.2, 0.25) is 0 Å². The van der Waals surface area contributed by atoms with Crippen LogP contribution in [0.25, 0.3) is 0 Å². The first-order valence-corrected chi connectivity index (χ1v) is 18.5. The van der Waals surface area contributed by atoms with Gasteiger partial charge in [-0.3, -0.25) is 0 Å². The first-order chi connectivity index (χ1) is 11.3. The molecule has 4 atom stereocenters. The summed E-state index contributed by atoms with van der Waals surface area (Å²) in [6, 6.07) is 0. The van der Waals surface area contributed by atoms with Crippen LogP contribution in [-0.4, -0.2) is 15.2 Å². The van der Waals surface area contributed by atoms with Gasteiger partial charge in [-0.1, -0.05) is 117 Å². The van der Waals surface area contributed by atoms with Crippen LogP contribution in [0.5, 0.6) is 0 Å².